The maximum atomic E-state index is 10.4. The van der Waals surface area contributed by atoms with Gasteiger partial charge in [-0.1, -0.05) is 48.0 Å². The SMILES string of the molecule is O=C(O)C=Cc1ccc(-c2ccc(Cl)cc2)cc1. The van der Waals surface area contributed by atoms with Gasteiger partial charge in [-0.15, -0.1) is 0 Å². The first-order valence-electron chi connectivity index (χ1n) is 5.42. The highest BCUT2D eigenvalue weighted by Gasteiger charge is 1.97. The average Bonchev–Trinajstić information content (AvgIpc) is 2.38. The second-order valence-corrected chi connectivity index (χ2v) is 4.24. The molecule has 0 unspecified atom stereocenters. The van der Waals surface area contributed by atoms with Crippen molar-refractivity contribution in [2.24, 2.45) is 0 Å². The third kappa shape index (κ3) is 3.22. The summed E-state index contributed by atoms with van der Waals surface area (Å²) in [5, 5.41) is 9.24. The number of carboxylic acids is 1. The van der Waals surface area contributed by atoms with E-state index in [2.05, 4.69) is 0 Å². The molecular formula is C15H11ClO2. The summed E-state index contributed by atoms with van der Waals surface area (Å²) in [6.07, 6.45) is 2.69. The molecule has 90 valence electrons. The Labute approximate surface area is 110 Å². The van der Waals surface area contributed by atoms with Gasteiger partial charge in [-0.25, -0.2) is 4.79 Å². The quantitative estimate of drug-likeness (QED) is 0.842. The highest BCUT2D eigenvalue weighted by atomic mass is 35.5. The maximum Gasteiger partial charge on any atom is 0.328 e. The third-order valence-electron chi connectivity index (χ3n) is 2.51. The van der Waals surface area contributed by atoms with E-state index in [9.17, 15) is 4.79 Å². The molecule has 0 aliphatic carbocycles. The summed E-state index contributed by atoms with van der Waals surface area (Å²) >= 11 is 5.83. The summed E-state index contributed by atoms with van der Waals surface area (Å²) < 4.78 is 0. The molecule has 0 heterocycles. The molecule has 2 aromatic rings. The molecule has 2 aromatic carbocycles. The van der Waals surface area contributed by atoms with Gasteiger partial charge in [0.1, 0.15) is 0 Å². The number of hydrogen-bond acceptors (Lipinski definition) is 1. The van der Waals surface area contributed by atoms with Gasteiger partial charge in [0.15, 0.2) is 0 Å². The summed E-state index contributed by atoms with van der Waals surface area (Å²) in [4.78, 5) is 10.4. The van der Waals surface area contributed by atoms with Crippen LogP contribution in [-0.2, 0) is 4.79 Å². The smallest absolute Gasteiger partial charge is 0.328 e. The summed E-state index contributed by atoms with van der Waals surface area (Å²) in [6.45, 7) is 0. The molecule has 0 spiro atoms. The first kappa shape index (κ1) is 12.4. The Hall–Kier alpha value is -2.06. The minimum atomic E-state index is -0.947. The van der Waals surface area contributed by atoms with Gasteiger partial charge in [0, 0.05) is 11.1 Å². The van der Waals surface area contributed by atoms with Gasteiger partial charge < -0.3 is 5.11 Å². The van der Waals surface area contributed by atoms with E-state index in [1.807, 2.05) is 48.5 Å². The zero-order valence-corrected chi connectivity index (χ0v) is 10.3. The van der Waals surface area contributed by atoms with E-state index < -0.39 is 5.97 Å². The van der Waals surface area contributed by atoms with Crippen molar-refractivity contribution >= 4 is 23.6 Å². The number of carboxylic acid groups (broad SMARTS) is 1. The summed E-state index contributed by atoms with van der Waals surface area (Å²) in [5.41, 5.74) is 3.00. The van der Waals surface area contributed by atoms with Crippen molar-refractivity contribution in [2.75, 3.05) is 0 Å². The molecule has 1 N–H and O–H groups in total. The number of aliphatic carboxylic acids is 1. The molecule has 0 aliphatic heterocycles. The van der Waals surface area contributed by atoms with E-state index in [4.69, 9.17) is 16.7 Å². The van der Waals surface area contributed by atoms with Crippen LogP contribution in [0.15, 0.2) is 54.6 Å². The molecule has 0 radical (unpaired) electrons. The number of hydrogen-bond donors (Lipinski definition) is 1. The lowest BCUT2D eigenvalue weighted by Gasteiger charge is -2.02. The lowest BCUT2D eigenvalue weighted by molar-refractivity contribution is -0.131. The minimum absolute atomic E-state index is 0.708. The van der Waals surface area contributed by atoms with Crippen molar-refractivity contribution in [3.05, 3.63) is 65.2 Å². The number of halogens is 1. The van der Waals surface area contributed by atoms with Crippen molar-refractivity contribution in [3.8, 4) is 11.1 Å². The van der Waals surface area contributed by atoms with Gasteiger partial charge in [0.25, 0.3) is 0 Å². The third-order valence-corrected chi connectivity index (χ3v) is 2.76. The van der Waals surface area contributed by atoms with E-state index in [1.165, 1.54) is 0 Å². The molecule has 0 amide bonds. The van der Waals surface area contributed by atoms with Gasteiger partial charge >= 0.3 is 5.97 Å². The van der Waals surface area contributed by atoms with Crippen LogP contribution in [-0.4, -0.2) is 11.1 Å². The van der Waals surface area contributed by atoms with Crippen LogP contribution in [0.5, 0.6) is 0 Å². The van der Waals surface area contributed by atoms with E-state index in [0.717, 1.165) is 22.8 Å². The molecule has 2 nitrogen and oxygen atoms in total. The molecule has 0 saturated heterocycles. The van der Waals surface area contributed by atoms with Crippen LogP contribution in [0, 0.1) is 0 Å². The Kier molecular flexibility index (Phi) is 3.80. The van der Waals surface area contributed by atoms with Gasteiger partial charge in [-0.3, -0.25) is 0 Å². The first-order chi connectivity index (χ1) is 8.65. The van der Waals surface area contributed by atoms with Crippen LogP contribution in [0.4, 0.5) is 0 Å². The van der Waals surface area contributed by atoms with E-state index in [1.54, 1.807) is 6.08 Å². The summed E-state index contributed by atoms with van der Waals surface area (Å²) in [5.74, 6) is -0.947. The molecule has 0 saturated carbocycles. The highest BCUT2D eigenvalue weighted by molar-refractivity contribution is 6.30. The Balaban J connectivity index is 2.22. The fourth-order valence-electron chi connectivity index (χ4n) is 1.60. The Morgan fingerprint density at radius 2 is 1.44 bits per heavy atom. The molecule has 18 heavy (non-hydrogen) atoms. The fourth-order valence-corrected chi connectivity index (χ4v) is 1.72. The van der Waals surface area contributed by atoms with E-state index in [0.29, 0.717) is 5.02 Å². The molecule has 0 bridgehead atoms. The molecular weight excluding hydrogens is 248 g/mol. The van der Waals surface area contributed by atoms with Crippen molar-refractivity contribution in [3.63, 3.8) is 0 Å². The number of rotatable bonds is 3. The fraction of sp³-hybridized carbons (Fsp3) is 0. The predicted molar refractivity (Wildman–Crippen MR) is 73.6 cm³/mol. The summed E-state index contributed by atoms with van der Waals surface area (Å²) in [7, 11) is 0. The van der Waals surface area contributed by atoms with Crippen LogP contribution in [0.25, 0.3) is 17.2 Å². The van der Waals surface area contributed by atoms with Crippen LogP contribution >= 0.6 is 11.6 Å². The lowest BCUT2D eigenvalue weighted by Crippen LogP contribution is -1.85. The molecule has 2 rings (SSSR count). The molecule has 0 aromatic heterocycles. The van der Waals surface area contributed by atoms with Crippen molar-refractivity contribution in [1.29, 1.82) is 0 Å². The van der Waals surface area contributed by atoms with Gasteiger partial charge in [-0.05, 0) is 34.9 Å². The zero-order chi connectivity index (χ0) is 13.0. The maximum absolute atomic E-state index is 10.4. The molecule has 0 atom stereocenters. The Morgan fingerprint density at radius 1 is 0.944 bits per heavy atom. The van der Waals surface area contributed by atoms with Crippen LogP contribution in [0.1, 0.15) is 5.56 Å². The minimum Gasteiger partial charge on any atom is -0.478 e. The van der Waals surface area contributed by atoms with E-state index in [-0.39, 0.29) is 0 Å². The Morgan fingerprint density at radius 3 is 1.94 bits per heavy atom. The Bertz CT molecular complexity index is 568. The average molecular weight is 259 g/mol. The van der Waals surface area contributed by atoms with Crippen molar-refractivity contribution in [1.82, 2.24) is 0 Å². The monoisotopic (exact) mass is 258 g/mol. The second-order valence-electron chi connectivity index (χ2n) is 3.80. The lowest BCUT2D eigenvalue weighted by atomic mass is 10.0. The van der Waals surface area contributed by atoms with Crippen molar-refractivity contribution in [2.45, 2.75) is 0 Å². The molecule has 3 heteroatoms. The number of benzene rings is 2. The second kappa shape index (κ2) is 5.52. The van der Waals surface area contributed by atoms with Crippen LogP contribution < -0.4 is 0 Å². The van der Waals surface area contributed by atoms with Crippen LogP contribution in [0.2, 0.25) is 5.02 Å². The normalized spacial score (nSPS) is 10.7. The number of carbonyl (C=O) groups is 1. The predicted octanol–water partition coefficient (Wildman–Crippen LogP) is 4.10. The first-order valence-corrected chi connectivity index (χ1v) is 5.80. The van der Waals surface area contributed by atoms with Crippen molar-refractivity contribution < 1.29 is 9.90 Å². The van der Waals surface area contributed by atoms with Gasteiger partial charge in [-0.2, -0.15) is 0 Å². The van der Waals surface area contributed by atoms with Gasteiger partial charge in [0.2, 0.25) is 0 Å². The standard InChI is InChI=1S/C15H11ClO2/c16-14-8-6-13(7-9-14)12-4-1-11(2-5-12)3-10-15(17)18/h1-10H,(H,17,18). The van der Waals surface area contributed by atoms with Gasteiger partial charge in [0.05, 0.1) is 0 Å². The summed E-state index contributed by atoms with van der Waals surface area (Å²) in [6, 6.07) is 15.2. The van der Waals surface area contributed by atoms with Crippen LogP contribution in [0.3, 0.4) is 0 Å². The topological polar surface area (TPSA) is 37.3 Å². The molecule has 0 aliphatic rings. The largest absolute Gasteiger partial charge is 0.478 e. The van der Waals surface area contributed by atoms with E-state index >= 15 is 0 Å². The zero-order valence-electron chi connectivity index (χ0n) is 9.51. The molecule has 0 fully saturated rings. The highest BCUT2D eigenvalue weighted by Crippen LogP contribution is 2.22.